The van der Waals surface area contributed by atoms with Crippen LogP contribution in [0, 0.1) is 5.92 Å². The molecule has 5 nitrogen and oxygen atoms in total. The quantitative estimate of drug-likeness (QED) is 0.624. The molecule has 0 fully saturated rings. The van der Waals surface area contributed by atoms with Gasteiger partial charge in [0.15, 0.2) is 0 Å². The Bertz CT molecular complexity index is 279. The van der Waals surface area contributed by atoms with E-state index in [0.717, 1.165) is 0 Å². The summed E-state index contributed by atoms with van der Waals surface area (Å²) in [6.45, 7) is 9.65. The summed E-state index contributed by atoms with van der Waals surface area (Å²) in [6, 6.07) is -0.519. The second-order valence-electron chi connectivity index (χ2n) is 5.00. The molecule has 0 aliphatic rings. The van der Waals surface area contributed by atoms with E-state index in [1.807, 2.05) is 13.8 Å². The second kappa shape index (κ2) is 6.59. The third-order valence-corrected chi connectivity index (χ3v) is 2.79. The Morgan fingerprint density at radius 2 is 1.82 bits per heavy atom. The van der Waals surface area contributed by atoms with Gasteiger partial charge in [0.05, 0.1) is 6.04 Å². The van der Waals surface area contributed by atoms with E-state index in [1.54, 1.807) is 20.8 Å². The molecule has 100 valence electrons. The topological polar surface area (TPSA) is 78.4 Å². The maximum absolute atomic E-state index is 11.7. The summed E-state index contributed by atoms with van der Waals surface area (Å²) in [5.74, 6) is -0.730. The summed E-state index contributed by atoms with van der Waals surface area (Å²) in [5, 5.41) is 14.7. The highest BCUT2D eigenvalue weighted by Crippen LogP contribution is 2.10. The van der Waals surface area contributed by atoms with E-state index in [2.05, 4.69) is 10.6 Å². The van der Waals surface area contributed by atoms with E-state index in [-0.39, 0.29) is 5.91 Å². The average Bonchev–Trinajstić information content (AvgIpc) is 2.24. The first-order chi connectivity index (χ1) is 7.73. The zero-order valence-corrected chi connectivity index (χ0v) is 11.3. The predicted octanol–water partition coefficient (Wildman–Crippen LogP) is 0.990. The minimum absolute atomic E-state index is 0.167. The van der Waals surface area contributed by atoms with Gasteiger partial charge in [0.25, 0.3) is 0 Å². The number of rotatable bonds is 7. The lowest BCUT2D eigenvalue weighted by Crippen LogP contribution is -2.57. The maximum atomic E-state index is 11.7. The van der Waals surface area contributed by atoms with Crippen molar-refractivity contribution < 1.29 is 14.7 Å². The molecule has 3 N–H and O–H groups in total. The van der Waals surface area contributed by atoms with Crippen LogP contribution in [0.15, 0.2) is 0 Å². The average molecular weight is 244 g/mol. The first-order valence-corrected chi connectivity index (χ1v) is 6.01. The van der Waals surface area contributed by atoms with Crippen LogP contribution < -0.4 is 10.6 Å². The Morgan fingerprint density at radius 1 is 1.29 bits per heavy atom. The molecule has 0 bridgehead atoms. The maximum Gasteiger partial charge on any atom is 0.323 e. The highest BCUT2D eigenvalue weighted by molar-refractivity contribution is 5.84. The molecule has 0 rings (SSSR count). The van der Waals surface area contributed by atoms with Gasteiger partial charge in [-0.15, -0.1) is 0 Å². The lowest BCUT2D eigenvalue weighted by Gasteiger charge is -2.28. The molecule has 0 aromatic heterocycles. The van der Waals surface area contributed by atoms with Crippen molar-refractivity contribution in [3.63, 3.8) is 0 Å². The molecule has 0 aromatic carbocycles. The standard InChI is InChI=1S/C12H24N2O3/c1-6-12(5,11(16)17)14-9(4)10(15)13-7-8(2)3/h8-9,14H,6-7H2,1-5H3,(H,13,15)(H,16,17). The fourth-order valence-electron chi connectivity index (χ4n) is 1.32. The Hall–Kier alpha value is -1.10. The van der Waals surface area contributed by atoms with E-state index in [0.29, 0.717) is 18.9 Å². The van der Waals surface area contributed by atoms with Crippen LogP contribution in [0.2, 0.25) is 0 Å². The first-order valence-electron chi connectivity index (χ1n) is 6.01. The van der Waals surface area contributed by atoms with Crippen LogP contribution in [-0.2, 0) is 9.59 Å². The minimum atomic E-state index is -1.06. The Balaban J connectivity index is 4.37. The molecule has 0 saturated heterocycles. The second-order valence-corrected chi connectivity index (χ2v) is 5.00. The molecule has 5 heteroatoms. The van der Waals surface area contributed by atoms with Crippen LogP contribution in [0.1, 0.15) is 41.0 Å². The summed E-state index contributed by atoms with van der Waals surface area (Å²) >= 11 is 0. The zero-order valence-electron chi connectivity index (χ0n) is 11.3. The van der Waals surface area contributed by atoms with Crippen molar-refractivity contribution in [1.82, 2.24) is 10.6 Å². The van der Waals surface area contributed by atoms with E-state index in [1.165, 1.54) is 0 Å². The molecule has 0 aromatic rings. The van der Waals surface area contributed by atoms with Crippen LogP contribution in [0.4, 0.5) is 0 Å². The van der Waals surface area contributed by atoms with Gasteiger partial charge in [-0.1, -0.05) is 20.8 Å². The number of hydrogen-bond donors (Lipinski definition) is 3. The molecule has 0 aliphatic heterocycles. The van der Waals surface area contributed by atoms with Crippen molar-refractivity contribution in [2.45, 2.75) is 52.6 Å². The first kappa shape index (κ1) is 15.9. The number of nitrogens with one attached hydrogen (secondary N) is 2. The van der Waals surface area contributed by atoms with E-state index in [9.17, 15) is 9.59 Å². The summed E-state index contributed by atoms with van der Waals surface area (Å²) in [7, 11) is 0. The summed E-state index contributed by atoms with van der Waals surface area (Å²) < 4.78 is 0. The predicted molar refractivity (Wildman–Crippen MR) is 66.8 cm³/mol. The van der Waals surface area contributed by atoms with Gasteiger partial charge in [0.2, 0.25) is 5.91 Å². The normalized spacial score (nSPS) is 16.4. The fourth-order valence-corrected chi connectivity index (χ4v) is 1.32. The van der Waals surface area contributed by atoms with Crippen molar-refractivity contribution in [3.8, 4) is 0 Å². The molecular weight excluding hydrogens is 220 g/mol. The van der Waals surface area contributed by atoms with Crippen molar-refractivity contribution in [3.05, 3.63) is 0 Å². The number of carbonyl (C=O) groups is 2. The number of carbonyl (C=O) groups excluding carboxylic acids is 1. The van der Waals surface area contributed by atoms with Crippen LogP contribution >= 0.6 is 0 Å². The van der Waals surface area contributed by atoms with E-state index < -0.39 is 17.6 Å². The highest BCUT2D eigenvalue weighted by atomic mass is 16.4. The summed E-state index contributed by atoms with van der Waals surface area (Å²) in [5.41, 5.74) is -1.06. The lowest BCUT2D eigenvalue weighted by molar-refractivity contribution is -0.145. The van der Waals surface area contributed by atoms with Crippen molar-refractivity contribution >= 4 is 11.9 Å². The van der Waals surface area contributed by atoms with Gasteiger partial charge in [-0.05, 0) is 26.2 Å². The van der Waals surface area contributed by atoms with Gasteiger partial charge in [0.1, 0.15) is 5.54 Å². The third kappa shape index (κ3) is 5.17. The van der Waals surface area contributed by atoms with Gasteiger partial charge in [-0.2, -0.15) is 0 Å². The minimum Gasteiger partial charge on any atom is -0.480 e. The van der Waals surface area contributed by atoms with Gasteiger partial charge >= 0.3 is 5.97 Å². The molecule has 0 spiro atoms. The molecule has 17 heavy (non-hydrogen) atoms. The van der Waals surface area contributed by atoms with Gasteiger partial charge in [-0.25, -0.2) is 0 Å². The molecule has 0 radical (unpaired) electrons. The van der Waals surface area contributed by atoms with E-state index >= 15 is 0 Å². The highest BCUT2D eigenvalue weighted by Gasteiger charge is 2.33. The molecule has 2 unspecified atom stereocenters. The van der Waals surface area contributed by atoms with Crippen LogP contribution in [0.3, 0.4) is 0 Å². The van der Waals surface area contributed by atoms with Crippen molar-refractivity contribution in [2.24, 2.45) is 5.92 Å². The molecule has 1 amide bonds. The largest absolute Gasteiger partial charge is 0.480 e. The van der Waals surface area contributed by atoms with E-state index in [4.69, 9.17) is 5.11 Å². The van der Waals surface area contributed by atoms with Crippen LogP contribution in [0.25, 0.3) is 0 Å². The van der Waals surface area contributed by atoms with Crippen LogP contribution in [-0.4, -0.2) is 35.1 Å². The Morgan fingerprint density at radius 3 is 2.18 bits per heavy atom. The number of aliphatic carboxylic acids is 1. The number of amides is 1. The molecule has 0 saturated carbocycles. The SMILES string of the molecule is CCC(C)(NC(C)C(=O)NCC(C)C)C(=O)O. The molecule has 0 heterocycles. The Labute approximate surface area is 103 Å². The number of hydrogen-bond acceptors (Lipinski definition) is 3. The molecule has 2 atom stereocenters. The third-order valence-electron chi connectivity index (χ3n) is 2.79. The number of carboxylic acid groups (broad SMARTS) is 1. The monoisotopic (exact) mass is 244 g/mol. The number of carboxylic acids is 1. The van der Waals surface area contributed by atoms with Gasteiger partial charge in [0, 0.05) is 6.54 Å². The van der Waals surface area contributed by atoms with Crippen LogP contribution in [0.5, 0.6) is 0 Å². The van der Waals surface area contributed by atoms with Crippen molar-refractivity contribution in [1.29, 1.82) is 0 Å². The molecule has 0 aliphatic carbocycles. The van der Waals surface area contributed by atoms with Crippen molar-refractivity contribution in [2.75, 3.05) is 6.54 Å². The summed E-state index contributed by atoms with van der Waals surface area (Å²) in [4.78, 5) is 22.8. The fraction of sp³-hybridized carbons (Fsp3) is 0.833. The smallest absolute Gasteiger partial charge is 0.323 e. The lowest BCUT2D eigenvalue weighted by atomic mass is 9.98. The summed E-state index contributed by atoms with van der Waals surface area (Å²) in [6.07, 6.45) is 0.421. The Kier molecular flexibility index (Phi) is 6.16. The van der Waals surface area contributed by atoms with Gasteiger partial charge < -0.3 is 10.4 Å². The van der Waals surface area contributed by atoms with Gasteiger partial charge in [-0.3, -0.25) is 14.9 Å². The zero-order chi connectivity index (χ0) is 13.6. The molecular formula is C12H24N2O3.